The molecule has 0 bridgehead atoms. The van der Waals surface area contributed by atoms with Crippen LogP contribution in [0.5, 0.6) is 0 Å². The first-order valence-corrected chi connectivity index (χ1v) is 10.4. The molecule has 0 aliphatic carbocycles. The van der Waals surface area contributed by atoms with Gasteiger partial charge in [0.2, 0.25) is 0 Å². The number of rotatable bonds is 16. The van der Waals surface area contributed by atoms with Crippen LogP contribution in [0.4, 0.5) is 0 Å². The van der Waals surface area contributed by atoms with Crippen LogP contribution in [-0.2, 0) is 0 Å². The molecule has 138 valence electrons. The van der Waals surface area contributed by atoms with Crippen LogP contribution in [0.15, 0.2) is 4.99 Å². The van der Waals surface area contributed by atoms with Gasteiger partial charge in [-0.2, -0.15) is 0 Å². The van der Waals surface area contributed by atoms with Crippen molar-refractivity contribution in [2.45, 2.75) is 111 Å². The second-order valence-electron chi connectivity index (χ2n) is 7.09. The summed E-state index contributed by atoms with van der Waals surface area (Å²) in [6, 6.07) is 0. The zero-order valence-corrected chi connectivity index (χ0v) is 16.7. The lowest BCUT2D eigenvalue weighted by atomic mass is 10.1. The summed E-state index contributed by atoms with van der Waals surface area (Å²) in [6.07, 6.45) is 19.3. The van der Waals surface area contributed by atoms with Gasteiger partial charge in [0, 0.05) is 20.1 Å². The molecule has 0 aliphatic rings. The van der Waals surface area contributed by atoms with Crippen molar-refractivity contribution in [2.75, 3.05) is 20.1 Å². The van der Waals surface area contributed by atoms with Gasteiger partial charge in [0.1, 0.15) is 0 Å². The smallest absolute Gasteiger partial charge is 0.0954 e. The van der Waals surface area contributed by atoms with E-state index in [-0.39, 0.29) is 0 Å². The maximum Gasteiger partial charge on any atom is 0.0954 e. The van der Waals surface area contributed by atoms with E-state index in [9.17, 15) is 0 Å². The van der Waals surface area contributed by atoms with Crippen molar-refractivity contribution in [3.8, 4) is 0 Å². The standard InChI is InChI=1S/C21H44N2/c1-5-7-9-11-12-13-14-15-16-18-20-23(4)21(3)22-19-17-10-8-6-2/h5-20H2,1-4H3. The van der Waals surface area contributed by atoms with Crippen molar-refractivity contribution in [2.24, 2.45) is 4.99 Å². The fraction of sp³-hybridized carbons (Fsp3) is 0.952. The highest BCUT2D eigenvalue weighted by Gasteiger charge is 2.00. The van der Waals surface area contributed by atoms with Crippen molar-refractivity contribution >= 4 is 5.84 Å². The molecule has 0 saturated carbocycles. The van der Waals surface area contributed by atoms with Crippen LogP contribution in [0.25, 0.3) is 0 Å². The van der Waals surface area contributed by atoms with E-state index < -0.39 is 0 Å². The molecule has 0 aliphatic heterocycles. The fourth-order valence-electron chi connectivity index (χ4n) is 2.90. The van der Waals surface area contributed by atoms with E-state index >= 15 is 0 Å². The van der Waals surface area contributed by atoms with E-state index in [0.29, 0.717) is 0 Å². The Morgan fingerprint density at radius 1 is 0.652 bits per heavy atom. The van der Waals surface area contributed by atoms with Crippen LogP contribution in [-0.4, -0.2) is 30.9 Å². The lowest BCUT2D eigenvalue weighted by Gasteiger charge is -2.18. The summed E-state index contributed by atoms with van der Waals surface area (Å²) >= 11 is 0. The highest BCUT2D eigenvalue weighted by molar-refractivity contribution is 5.79. The Labute approximate surface area is 147 Å². The van der Waals surface area contributed by atoms with Gasteiger partial charge in [-0.1, -0.05) is 90.9 Å². The molecule has 0 unspecified atom stereocenters. The van der Waals surface area contributed by atoms with Crippen molar-refractivity contribution in [3.63, 3.8) is 0 Å². The van der Waals surface area contributed by atoms with E-state index in [2.05, 4.69) is 32.7 Å². The van der Waals surface area contributed by atoms with E-state index in [1.165, 1.54) is 102 Å². The molecule has 0 radical (unpaired) electrons. The third-order valence-electron chi connectivity index (χ3n) is 4.75. The number of unbranched alkanes of at least 4 members (excludes halogenated alkanes) is 12. The van der Waals surface area contributed by atoms with Gasteiger partial charge in [-0.15, -0.1) is 0 Å². The largest absolute Gasteiger partial charge is 0.364 e. The number of nitrogens with zero attached hydrogens (tertiary/aromatic N) is 2. The first-order chi connectivity index (χ1) is 11.2. The Balaban J connectivity index is 3.40. The van der Waals surface area contributed by atoms with Crippen LogP contribution in [0.1, 0.15) is 111 Å². The molecule has 0 atom stereocenters. The molecule has 2 nitrogen and oxygen atoms in total. The van der Waals surface area contributed by atoms with Crippen LogP contribution in [0.2, 0.25) is 0 Å². The summed E-state index contributed by atoms with van der Waals surface area (Å²) < 4.78 is 0. The lowest BCUT2D eigenvalue weighted by Crippen LogP contribution is -2.25. The minimum absolute atomic E-state index is 1.01. The average Bonchev–Trinajstić information content (AvgIpc) is 2.56. The van der Waals surface area contributed by atoms with E-state index in [1.807, 2.05) is 0 Å². The topological polar surface area (TPSA) is 15.6 Å². The normalized spacial score (nSPS) is 11.9. The van der Waals surface area contributed by atoms with Crippen molar-refractivity contribution in [3.05, 3.63) is 0 Å². The number of hydrogen-bond acceptors (Lipinski definition) is 1. The van der Waals surface area contributed by atoms with Gasteiger partial charge in [0.25, 0.3) is 0 Å². The summed E-state index contributed by atoms with van der Waals surface area (Å²) in [5.74, 6) is 1.22. The van der Waals surface area contributed by atoms with Crippen LogP contribution in [0.3, 0.4) is 0 Å². The molecule has 0 heterocycles. The molecular formula is C21H44N2. The molecule has 0 spiro atoms. The van der Waals surface area contributed by atoms with E-state index in [1.54, 1.807) is 0 Å². The van der Waals surface area contributed by atoms with Crippen molar-refractivity contribution in [1.82, 2.24) is 4.90 Å². The number of aliphatic imine (C=N–C) groups is 1. The maximum absolute atomic E-state index is 4.70. The molecule has 23 heavy (non-hydrogen) atoms. The van der Waals surface area contributed by atoms with Gasteiger partial charge in [-0.25, -0.2) is 0 Å². The van der Waals surface area contributed by atoms with Crippen LogP contribution < -0.4 is 0 Å². The Morgan fingerprint density at radius 3 is 1.61 bits per heavy atom. The highest BCUT2D eigenvalue weighted by Crippen LogP contribution is 2.10. The summed E-state index contributed by atoms with van der Waals surface area (Å²) in [4.78, 5) is 7.04. The lowest BCUT2D eigenvalue weighted by molar-refractivity contribution is 0.460. The predicted molar refractivity (Wildman–Crippen MR) is 107 cm³/mol. The predicted octanol–water partition coefficient (Wildman–Crippen LogP) is 6.84. The first kappa shape index (κ1) is 22.5. The summed E-state index contributed by atoms with van der Waals surface area (Å²) in [7, 11) is 2.19. The minimum Gasteiger partial charge on any atom is -0.364 e. The zero-order chi connectivity index (χ0) is 17.2. The molecule has 0 fully saturated rings. The summed E-state index contributed by atoms with van der Waals surface area (Å²) in [6.45, 7) is 8.88. The number of amidine groups is 1. The molecule has 0 amide bonds. The third-order valence-corrected chi connectivity index (χ3v) is 4.75. The molecule has 0 saturated heterocycles. The van der Waals surface area contributed by atoms with Gasteiger partial charge in [-0.05, 0) is 19.8 Å². The van der Waals surface area contributed by atoms with Gasteiger partial charge in [-0.3, -0.25) is 4.99 Å². The maximum atomic E-state index is 4.70. The Hall–Kier alpha value is -0.530. The second-order valence-corrected chi connectivity index (χ2v) is 7.09. The van der Waals surface area contributed by atoms with Gasteiger partial charge >= 0.3 is 0 Å². The zero-order valence-electron chi connectivity index (χ0n) is 16.7. The molecule has 0 rings (SSSR count). The third kappa shape index (κ3) is 16.1. The molecule has 0 aromatic carbocycles. The molecule has 0 aromatic heterocycles. The van der Waals surface area contributed by atoms with E-state index in [4.69, 9.17) is 4.99 Å². The average molecular weight is 325 g/mol. The molecule has 0 aromatic rings. The van der Waals surface area contributed by atoms with E-state index in [0.717, 1.165) is 6.54 Å². The first-order valence-electron chi connectivity index (χ1n) is 10.4. The van der Waals surface area contributed by atoms with Gasteiger partial charge in [0.05, 0.1) is 5.84 Å². The van der Waals surface area contributed by atoms with Gasteiger partial charge in [0.15, 0.2) is 0 Å². The highest BCUT2D eigenvalue weighted by atomic mass is 15.1. The molecular weight excluding hydrogens is 280 g/mol. The van der Waals surface area contributed by atoms with Gasteiger partial charge < -0.3 is 4.90 Å². The minimum atomic E-state index is 1.01. The Kier molecular flexibility index (Phi) is 17.4. The SMILES string of the molecule is CCCCCCCCCCCCN(C)C(C)=NCCCCCC. The van der Waals surface area contributed by atoms with Crippen LogP contribution >= 0.6 is 0 Å². The van der Waals surface area contributed by atoms with Crippen molar-refractivity contribution in [1.29, 1.82) is 0 Å². The summed E-state index contributed by atoms with van der Waals surface area (Å²) in [5, 5.41) is 0. The van der Waals surface area contributed by atoms with Crippen molar-refractivity contribution < 1.29 is 0 Å². The fourth-order valence-corrected chi connectivity index (χ4v) is 2.90. The quantitative estimate of drug-likeness (QED) is 0.172. The molecule has 2 heteroatoms. The van der Waals surface area contributed by atoms with Crippen LogP contribution in [0, 0.1) is 0 Å². The monoisotopic (exact) mass is 324 g/mol. The Morgan fingerprint density at radius 2 is 1.09 bits per heavy atom. The second kappa shape index (κ2) is 17.8. The summed E-state index contributed by atoms with van der Waals surface area (Å²) in [5.41, 5.74) is 0. The number of hydrogen-bond donors (Lipinski definition) is 0. The molecule has 0 N–H and O–H groups in total. The Bertz CT molecular complexity index is 261.